The van der Waals surface area contributed by atoms with Crippen molar-refractivity contribution >= 4 is 0 Å². The van der Waals surface area contributed by atoms with Crippen LogP contribution in [-0.2, 0) is 0 Å². The van der Waals surface area contributed by atoms with Gasteiger partial charge in [-0.15, -0.1) is 0 Å². The lowest BCUT2D eigenvalue weighted by molar-refractivity contribution is 0.244. The summed E-state index contributed by atoms with van der Waals surface area (Å²) in [5, 5.41) is 8.38. The number of nitrogens with zero attached hydrogens (tertiary/aromatic N) is 1. The van der Waals surface area contributed by atoms with Gasteiger partial charge < -0.3 is 0 Å². The Labute approximate surface area is 193 Å². The molecule has 0 N–H and O–H groups in total. The van der Waals surface area contributed by atoms with Crippen LogP contribution >= 0.6 is 0 Å². The predicted molar refractivity (Wildman–Crippen MR) is 128 cm³/mol. The standard InChI is InChI=1S/C29H39F2N/c30-28-20-18-27(19-21-28)26-16-14-25(15-17-26)8-5-4-7-24-12-10-23(11-13-24)6-2-1-3-9-29(31)22-32/h1,3,9,18-21,23-26H,2,4-8,10-17H2/b3-1+,29-9-. The van der Waals surface area contributed by atoms with Gasteiger partial charge in [-0.2, -0.15) is 9.65 Å². The van der Waals surface area contributed by atoms with Gasteiger partial charge in [0.25, 0.3) is 0 Å². The summed E-state index contributed by atoms with van der Waals surface area (Å²) in [5.74, 6) is 2.41. The highest BCUT2D eigenvalue weighted by atomic mass is 19.1. The molecular weight excluding hydrogens is 400 g/mol. The fourth-order valence-electron chi connectivity index (χ4n) is 5.81. The lowest BCUT2D eigenvalue weighted by atomic mass is 9.76. The third-order valence-corrected chi connectivity index (χ3v) is 7.86. The second kappa shape index (κ2) is 13.6. The smallest absolute Gasteiger partial charge is 0.199 e. The zero-order chi connectivity index (χ0) is 22.6. The van der Waals surface area contributed by atoms with Gasteiger partial charge in [0.05, 0.1) is 0 Å². The minimum absolute atomic E-state index is 0.133. The fraction of sp³-hybridized carbons (Fsp3) is 0.621. The Morgan fingerprint density at radius 1 is 0.844 bits per heavy atom. The van der Waals surface area contributed by atoms with Gasteiger partial charge in [0.2, 0.25) is 0 Å². The molecule has 0 amide bonds. The molecule has 2 aliphatic rings. The van der Waals surface area contributed by atoms with E-state index in [1.807, 2.05) is 18.2 Å². The van der Waals surface area contributed by atoms with Crippen molar-refractivity contribution in [1.82, 2.24) is 0 Å². The molecule has 2 fully saturated rings. The Morgan fingerprint density at radius 3 is 1.94 bits per heavy atom. The van der Waals surface area contributed by atoms with Crippen LogP contribution in [0.15, 0.2) is 48.3 Å². The Balaban J connectivity index is 1.21. The highest BCUT2D eigenvalue weighted by Crippen LogP contribution is 2.38. The molecule has 174 valence electrons. The summed E-state index contributed by atoms with van der Waals surface area (Å²) in [5.41, 5.74) is 1.32. The number of benzene rings is 1. The predicted octanol–water partition coefficient (Wildman–Crippen LogP) is 9.18. The lowest BCUT2D eigenvalue weighted by Crippen LogP contribution is -2.15. The second-order valence-electron chi connectivity index (χ2n) is 10.1. The summed E-state index contributed by atoms with van der Waals surface area (Å²) in [6.45, 7) is 0. The van der Waals surface area contributed by atoms with Gasteiger partial charge in [0, 0.05) is 0 Å². The molecule has 3 heteroatoms. The fourth-order valence-corrected chi connectivity index (χ4v) is 5.81. The number of halogens is 2. The third-order valence-electron chi connectivity index (χ3n) is 7.86. The molecule has 2 saturated carbocycles. The van der Waals surface area contributed by atoms with E-state index in [4.69, 9.17) is 5.26 Å². The Hall–Kier alpha value is -1.95. The molecule has 0 radical (unpaired) electrons. The first-order chi connectivity index (χ1) is 15.6. The average molecular weight is 440 g/mol. The molecule has 0 saturated heterocycles. The van der Waals surface area contributed by atoms with Gasteiger partial charge in [-0.05, 0) is 86.0 Å². The molecule has 0 aromatic heterocycles. The van der Waals surface area contributed by atoms with Gasteiger partial charge >= 0.3 is 0 Å². The van der Waals surface area contributed by atoms with Crippen LogP contribution in [-0.4, -0.2) is 0 Å². The molecule has 3 rings (SSSR count). The van der Waals surface area contributed by atoms with Gasteiger partial charge in [-0.25, -0.2) is 4.39 Å². The minimum Gasteiger partial charge on any atom is -0.207 e. The first kappa shape index (κ1) is 24.7. The maximum absolute atomic E-state index is 13.1. The van der Waals surface area contributed by atoms with E-state index in [0.717, 1.165) is 24.2 Å². The topological polar surface area (TPSA) is 23.8 Å². The van der Waals surface area contributed by atoms with E-state index in [9.17, 15) is 8.78 Å². The molecule has 32 heavy (non-hydrogen) atoms. The van der Waals surface area contributed by atoms with Gasteiger partial charge in [-0.1, -0.05) is 75.7 Å². The van der Waals surface area contributed by atoms with Crippen molar-refractivity contribution in [3.63, 3.8) is 0 Å². The van der Waals surface area contributed by atoms with E-state index in [1.165, 1.54) is 101 Å². The van der Waals surface area contributed by atoms with E-state index < -0.39 is 5.83 Å². The summed E-state index contributed by atoms with van der Waals surface area (Å²) < 4.78 is 25.8. The summed E-state index contributed by atoms with van der Waals surface area (Å²) in [6.07, 6.45) is 23.2. The number of allylic oxidation sites excluding steroid dienone is 4. The first-order valence-electron chi connectivity index (χ1n) is 12.8. The van der Waals surface area contributed by atoms with Crippen LogP contribution in [0.1, 0.15) is 101 Å². The van der Waals surface area contributed by atoms with E-state index in [0.29, 0.717) is 5.92 Å². The van der Waals surface area contributed by atoms with E-state index in [1.54, 1.807) is 18.2 Å². The third kappa shape index (κ3) is 8.53. The van der Waals surface area contributed by atoms with Crippen molar-refractivity contribution in [2.45, 2.75) is 95.8 Å². The maximum Gasteiger partial charge on any atom is 0.199 e. The molecule has 1 aromatic carbocycles. The van der Waals surface area contributed by atoms with Crippen molar-refractivity contribution in [2.75, 3.05) is 0 Å². The summed E-state index contributed by atoms with van der Waals surface area (Å²) in [6, 6.07) is 8.64. The summed E-state index contributed by atoms with van der Waals surface area (Å²) in [7, 11) is 0. The zero-order valence-corrected chi connectivity index (χ0v) is 19.5. The summed E-state index contributed by atoms with van der Waals surface area (Å²) >= 11 is 0. The Morgan fingerprint density at radius 2 is 1.38 bits per heavy atom. The number of hydrogen-bond acceptors (Lipinski definition) is 1. The number of nitriles is 1. The first-order valence-corrected chi connectivity index (χ1v) is 12.8. The van der Waals surface area contributed by atoms with E-state index in [2.05, 4.69) is 0 Å². The largest absolute Gasteiger partial charge is 0.207 e. The van der Waals surface area contributed by atoms with Crippen molar-refractivity contribution in [1.29, 1.82) is 5.26 Å². The van der Waals surface area contributed by atoms with Crippen molar-refractivity contribution < 1.29 is 8.78 Å². The van der Waals surface area contributed by atoms with Crippen molar-refractivity contribution in [3.8, 4) is 6.07 Å². The van der Waals surface area contributed by atoms with E-state index in [-0.39, 0.29) is 5.82 Å². The minimum atomic E-state index is -0.723. The molecule has 2 aliphatic carbocycles. The lowest BCUT2D eigenvalue weighted by Gasteiger charge is -2.30. The molecule has 1 nitrogen and oxygen atoms in total. The zero-order valence-electron chi connectivity index (χ0n) is 19.5. The number of rotatable bonds is 10. The second-order valence-corrected chi connectivity index (χ2v) is 10.1. The maximum atomic E-state index is 13.1. The Bertz CT molecular complexity index is 757. The summed E-state index contributed by atoms with van der Waals surface area (Å²) in [4.78, 5) is 0. The van der Waals surface area contributed by atoms with Crippen LogP contribution in [0, 0.1) is 34.9 Å². The monoisotopic (exact) mass is 439 g/mol. The normalized spacial score (nSPS) is 26.8. The molecule has 0 bridgehead atoms. The van der Waals surface area contributed by atoms with Crippen LogP contribution in [0.4, 0.5) is 8.78 Å². The van der Waals surface area contributed by atoms with Crippen LogP contribution in [0.5, 0.6) is 0 Å². The van der Waals surface area contributed by atoms with Crippen LogP contribution in [0.25, 0.3) is 0 Å². The van der Waals surface area contributed by atoms with Crippen LogP contribution < -0.4 is 0 Å². The van der Waals surface area contributed by atoms with Gasteiger partial charge in [-0.3, -0.25) is 0 Å². The number of unbranched alkanes of at least 4 members (excludes halogenated alkanes) is 1. The molecule has 0 heterocycles. The molecule has 1 aromatic rings. The van der Waals surface area contributed by atoms with Gasteiger partial charge in [0.15, 0.2) is 5.83 Å². The molecule has 0 unspecified atom stereocenters. The molecule has 0 atom stereocenters. The quantitative estimate of drug-likeness (QED) is 0.202. The van der Waals surface area contributed by atoms with Crippen LogP contribution in [0.3, 0.4) is 0 Å². The Kier molecular flexibility index (Phi) is 10.5. The van der Waals surface area contributed by atoms with Gasteiger partial charge in [0.1, 0.15) is 11.9 Å². The SMILES string of the molecule is N#C/C(F)=C/C=C/CCC1CCC(CCCCC2CCC(c3ccc(F)cc3)CC2)CC1. The number of hydrogen-bond donors (Lipinski definition) is 0. The van der Waals surface area contributed by atoms with Crippen LogP contribution in [0.2, 0.25) is 0 Å². The molecule has 0 spiro atoms. The van der Waals surface area contributed by atoms with Crippen molar-refractivity contribution in [3.05, 3.63) is 59.7 Å². The molecular formula is C29H39F2N. The highest BCUT2D eigenvalue weighted by molar-refractivity contribution is 5.21. The van der Waals surface area contributed by atoms with E-state index >= 15 is 0 Å². The average Bonchev–Trinajstić information content (AvgIpc) is 2.83. The molecule has 0 aliphatic heterocycles. The van der Waals surface area contributed by atoms with Crippen molar-refractivity contribution in [2.24, 2.45) is 17.8 Å². The highest BCUT2D eigenvalue weighted by Gasteiger charge is 2.23.